The molecule has 1 aromatic carbocycles. The summed E-state index contributed by atoms with van der Waals surface area (Å²) in [5, 5.41) is 0. The monoisotopic (exact) mass is 220 g/mol. The maximum absolute atomic E-state index is 5.42. The zero-order valence-electron chi connectivity index (χ0n) is 9.49. The summed E-state index contributed by atoms with van der Waals surface area (Å²) in [5.74, 6) is 0. The molecular weight excluding hydrogens is 200 g/mol. The first-order chi connectivity index (χ1) is 7.33. The van der Waals surface area contributed by atoms with Gasteiger partial charge in [0.2, 0.25) is 0 Å². The molecule has 1 heterocycles. The summed E-state index contributed by atoms with van der Waals surface area (Å²) in [5.41, 5.74) is 1.17. The lowest BCUT2D eigenvalue weighted by molar-refractivity contribution is 0.291. The highest BCUT2D eigenvalue weighted by molar-refractivity contribution is 6.50. The topological polar surface area (TPSA) is 9.23 Å². The van der Waals surface area contributed by atoms with E-state index in [0.717, 1.165) is 6.61 Å². The molecule has 0 amide bonds. The van der Waals surface area contributed by atoms with Crippen LogP contribution >= 0.6 is 0 Å². The van der Waals surface area contributed by atoms with E-state index in [-0.39, 0.29) is 0 Å². The van der Waals surface area contributed by atoms with Gasteiger partial charge in [-0.3, -0.25) is 0 Å². The summed E-state index contributed by atoms with van der Waals surface area (Å²) in [7, 11) is -0.595. The predicted molar refractivity (Wildman–Crippen MR) is 69.5 cm³/mol. The minimum absolute atomic E-state index is 0.595. The van der Waals surface area contributed by atoms with Gasteiger partial charge in [0.05, 0.1) is 0 Å². The van der Waals surface area contributed by atoms with Crippen molar-refractivity contribution in [2.45, 2.75) is 25.4 Å². The van der Waals surface area contributed by atoms with Crippen LogP contribution < -0.4 is 0 Å². The molecule has 1 atom stereocenters. The fourth-order valence-electron chi connectivity index (χ4n) is 1.49. The molecule has 1 fully saturated rings. The van der Waals surface area contributed by atoms with E-state index >= 15 is 0 Å². The summed E-state index contributed by atoms with van der Waals surface area (Å²) in [6, 6.07) is 11.4. The van der Waals surface area contributed by atoms with Crippen molar-refractivity contribution < 1.29 is 4.43 Å². The van der Waals surface area contributed by atoms with Gasteiger partial charge in [0, 0.05) is 6.61 Å². The van der Waals surface area contributed by atoms with Gasteiger partial charge in [-0.2, -0.15) is 0 Å². The van der Waals surface area contributed by atoms with Crippen molar-refractivity contribution in [1.29, 1.82) is 0 Å². The van der Waals surface area contributed by atoms with Crippen LogP contribution in [-0.4, -0.2) is 15.6 Å². The minimum Gasteiger partial charge on any atom is -0.420 e. The van der Waals surface area contributed by atoms with Crippen molar-refractivity contribution in [1.82, 2.24) is 0 Å². The first kappa shape index (κ1) is 12.2. The molecule has 0 aliphatic carbocycles. The van der Waals surface area contributed by atoms with Crippen LogP contribution in [0.1, 0.15) is 18.4 Å². The standard InChI is InChI=1S/C8H8.C5H12OSi/c1-2-8-6-4-3-5-7-8;1-7-5-3-2-4-6-7/h2-7H,1H2;7H,2-5H2,1H3. The summed E-state index contributed by atoms with van der Waals surface area (Å²) < 4.78 is 5.42. The van der Waals surface area contributed by atoms with Gasteiger partial charge in [0.25, 0.3) is 0 Å². The zero-order valence-corrected chi connectivity index (χ0v) is 10.6. The molecule has 1 aliphatic rings. The number of hydrogen-bond donors (Lipinski definition) is 0. The van der Waals surface area contributed by atoms with Crippen molar-refractivity contribution in [3.8, 4) is 0 Å². The Morgan fingerprint density at radius 2 is 2.00 bits per heavy atom. The third-order valence-electron chi connectivity index (χ3n) is 2.44. The van der Waals surface area contributed by atoms with Crippen LogP contribution in [0.5, 0.6) is 0 Å². The van der Waals surface area contributed by atoms with Gasteiger partial charge in [-0.05, 0) is 24.6 Å². The van der Waals surface area contributed by atoms with Gasteiger partial charge in [-0.15, -0.1) is 0 Å². The quantitative estimate of drug-likeness (QED) is 0.658. The van der Waals surface area contributed by atoms with Crippen molar-refractivity contribution >= 4 is 15.1 Å². The van der Waals surface area contributed by atoms with E-state index in [0.29, 0.717) is 0 Å². The largest absolute Gasteiger partial charge is 0.420 e. The van der Waals surface area contributed by atoms with Gasteiger partial charge in [0.1, 0.15) is 0 Å². The van der Waals surface area contributed by atoms with E-state index in [1.54, 1.807) is 0 Å². The first-order valence-electron chi connectivity index (χ1n) is 5.62. The molecule has 1 nitrogen and oxygen atoms in total. The molecule has 2 heteroatoms. The van der Waals surface area contributed by atoms with Crippen LogP contribution in [-0.2, 0) is 4.43 Å². The Kier molecular flexibility index (Phi) is 6.05. The average molecular weight is 220 g/mol. The van der Waals surface area contributed by atoms with Crippen LogP contribution in [0.25, 0.3) is 6.08 Å². The number of benzene rings is 1. The van der Waals surface area contributed by atoms with Gasteiger partial charge in [-0.1, -0.05) is 49.4 Å². The van der Waals surface area contributed by atoms with Gasteiger partial charge < -0.3 is 4.43 Å². The van der Waals surface area contributed by atoms with Crippen LogP contribution in [0.15, 0.2) is 36.9 Å². The normalized spacial score (nSPS) is 19.9. The Balaban J connectivity index is 0.000000151. The minimum atomic E-state index is -0.595. The zero-order chi connectivity index (χ0) is 10.9. The Bertz CT molecular complexity index is 265. The molecular formula is C13H20OSi. The molecule has 0 bridgehead atoms. The van der Waals surface area contributed by atoms with Crippen LogP contribution in [0, 0.1) is 0 Å². The molecule has 0 saturated carbocycles. The number of rotatable bonds is 1. The Morgan fingerprint density at radius 3 is 2.33 bits per heavy atom. The van der Waals surface area contributed by atoms with Gasteiger partial charge in [-0.25, -0.2) is 0 Å². The lowest BCUT2D eigenvalue weighted by Crippen LogP contribution is -2.18. The van der Waals surface area contributed by atoms with Crippen LogP contribution in [0.2, 0.25) is 12.6 Å². The van der Waals surface area contributed by atoms with Gasteiger partial charge in [0.15, 0.2) is 9.04 Å². The average Bonchev–Trinajstić information content (AvgIpc) is 2.32. The second kappa shape index (κ2) is 7.43. The summed E-state index contributed by atoms with van der Waals surface area (Å²) in [6.07, 6.45) is 4.56. The van der Waals surface area contributed by atoms with Crippen molar-refractivity contribution in [3.63, 3.8) is 0 Å². The second-order valence-corrected chi connectivity index (χ2v) is 6.32. The highest BCUT2D eigenvalue weighted by Gasteiger charge is 2.08. The summed E-state index contributed by atoms with van der Waals surface area (Å²) >= 11 is 0. The molecule has 0 N–H and O–H groups in total. The SMILES string of the molecule is C=Cc1ccccc1.C[SiH]1CCCCO1. The molecule has 1 aliphatic heterocycles. The molecule has 0 aromatic heterocycles. The van der Waals surface area contributed by atoms with Crippen molar-refractivity contribution in [2.24, 2.45) is 0 Å². The number of hydrogen-bond acceptors (Lipinski definition) is 1. The van der Waals surface area contributed by atoms with Gasteiger partial charge >= 0.3 is 0 Å². The molecule has 2 rings (SSSR count). The molecule has 1 unspecified atom stereocenters. The summed E-state index contributed by atoms with van der Waals surface area (Å²) in [4.78, 5) is 0. The maximum atomic E-state index is 5.42. The predicted octanol–water partition coefficient (Wildman–Crippen LogP) is 3.48. The van der Waals surface area contributed by atoms with E-state index in [4.69, 9.17) is 4.43 Å². The summed E-state index contributed by atoms with van der Waals surface area (Å²) in [6.45, 7) is 6.96. The van der Waals surface area contributed by atoms with E-state index < -0.39 is 9.04 Å². The van der Waals surface area contributed by atoms with Crippen LogP contribution in [0.4, 0.5) is 0 Å². The molecule has 1 saturated heterocycles. The van der Waals surface area contributed by atoms with Crippen molar-refractivity contribution in [2.75, 3.05) is 6.61 Å². The third-order valence-corrected chi connectivity index (χ3v) is 4.47. The Labute approximate surface area is 94.5 Å². The highest BCUT2D eigenvalue weighted by Crippen LogP contribution is 2.09. The van der Waals surface area contributed by atoms with Crippen molar-refractivity contribution in [3.05, 3.63) is 42.5 Å². The fraction of sp³-hybridized carbons (Fsp3) is 0.385. The smallest absolute Gasteiger partial charge is 0.173 e. The lowest BCUT2D eigenvalue weighted by Gasteiger charge is -2.16. The van der Waals surface area contributed by atoms with E-state index in [1.165, 1.54) is 24.4 Å². The molecule has 0 radical (unpaired) electrons. The highest BCUT2D eigenvalue weighted by atomic mass is 28.3. The third kappa shape index (κ3) is 5.55. The molecule has 0 spiro atoms. The molecule has 82 valence electrons. The Hall–Kier alpha value is -0.863. The Morgan fingerprint density at radius 1 is 1.27 bits per heavy atom. The van der Waals surface area contributed by atoms with E-state index in [2.05, 4.69) is 13.1 Å². The molecule has 1 aromatic rings. The van der Waals surface area contributed by atoms with E-state index in [1.807, 2.05) is 36.4 Å². The first-order valence-corrected chi connectivity index (χ1v) is 8.06. The lowest BCUT2D eigenvalue weighted by atomic mass is 10.2. The van der Waals surface area contributed by atoms with Crippen LogP contribution in [0.3, 0.4) is 0 Å². The second-order valence-electron chi connectivity index (χ2n) is 3.79. The maximum Gasteiger partial charge on any atom is 0.173 e. The molecule has 15 heavy (non-hydrogen) atoms. The van der Waals surface area contributed by atoms with E-state index in [9.17, 15) is 0 Å². The fourth-order valence-corrected chi connectivity index (χ4v) is 3.09.